The normalized spacial score (nSPS) is 19.6. The van der Waals surface area contributed by atoms with E-state index >= 15 is 0 Å². The monoisotopic (exact) mass is 231 g/mol. The van der Waals surface area contributed by atoms with Gasteiger partial charge in [0.25, 0.3) is 0 Å². The van der Waals surface area contributed by atoms with Crippen LogP contribution in [0.25, 0.3) is 0 Å². The first-order chi connectivity index (χ1) is 6.92. The fourth-order valence-electron chi connectivity index (χ4n) is 1.75. The van der Waals surface area contributed by atoms with Gasteiger partial charge in [0.1, 0.15) is 0 Å². The highest BCUT2D eigenvalue weighted by Gasteiger charge is 2.39. The Morgan fingerprint density at radius 2 is 2.07 bits per heavy atom. The second kappa shape index (κ2) is 4.47. The Balaban J connectivity index is 2.53. The Morgan fingerprint density at radius 1 is 1.47 bits per heavy atom. The molecule has 0 aromatic heterocycles. The number of nitriles is 1. The zero-order valence-electron chi connectivity index (χ0n) is 9.15. The average molecular weight is 231 g/mol. The van der Waals surface area contributed by atoms with Gasteiger partial charge in [-0.25, -0.2) is 13.1 Å². The zero-order valence-corrected chi connectivity index (χ0v) is 9.97. The van der Waals surface area contributed by atoms with Gasteiger partial charge in [0.2, 0.25) is 10.0 Å². The third-order valence-corrected chi connectivity index (χ3v) is 4.20. The topological polar surface area (TPSA) is 73.2 Å². The molecule has 0 atom stereocenters. The largest absolute Gasteiger partial charge is 0.302 e. The van der Waals surface area contributed by atoms with Crippen LogP contribution in [-0.2, 0) is 10.0 Å². The number of nitrogens with zero attached hydrogens (tertiary/aromatic N) is 2. The summed E-state index contributed by atoms with van der Waals surface area (Å²) in [4.78, 5) is 2.06. The SMILES string of the molecule is CN(C)C1(CNS(=O)(=O)CC#N)CCC1. The molecule has 1 saturated carbocycles. The van der Waals surface area contributed by atoms with E-state index in [1.807, 2.05) is 14.1 Å². The fourth-order valence-corrected chi connectivity index (χ4v) is 2.51. The zero-order chi connectivity index (χ0) is 11.5. The van der Waals surface area contributed by atoms with Crippen molar-refractivity contribution in [1.29, 1.82) is 5.26 Å². The molecule has 1 rings (SSSR count). The third kappa shape index (κ3) is 2.91. The van der Waals surface area contributed by atoms with Crippen LogP contribution < -0.4 is 4.72 Å². The second-order valence-corrected chi connectivity index (χ2v) is 6.02. The minimum absolute atomic E-state index is 0.0392. The maximum Gasteiger partial charge on any atom is 0.225 e. The number of rotatable bonds is 5. The molecule has 1 aliphatic carbocycles. The highest BCUT2D eigenvalue weighted by atomic mass is 32.2. The highest BCUT2D eigenvalue weighted by Crippen LogP contribution is 2.35. The maximum atomic E-state index is 11.3. The smallest absolute Gasteiger partial charge is 0.225 e. The van der Waals surface area contributed by atoms with Crippen molar-refractivity contribution in [3.05, 3.63) is 0 Å². The minimum Gasteiger partial charge on any atom is -0.302 e. The van der Waals surface area contributed by atoms with Crippen LogP contribution >= 0.6 is 0 Å². The lowest BCUT2D eigenvalue weighted by molar-refractivity contribution is 0.0657. The minimum atomic E-state index is -3.41. The van der Waals surface area contributed by atoms with Gasteiger partial charge in [-0.2, -0.15) is 5.26 Å². The lowest BCUT2D eigenvalue weighted by atomic mass is 9.76. The van der Waals surface area contributed by atoms with Crippen LogP contribution in [0.2, 0.25) is 0 Å². The molecule has 0 bridgehead atoms. The summed E-state index contributed by atoms with van der Waals surface area (Å²) in [6.45, 7) is 0.407. The first-order valence-corrected chi connectivity index (χ1v) is 6.59. The molecule has 0 saturated heterocycles. The summed E-state index contributed by atoms with van der Waals surface area (Å²) in [7, 11) is 0.500. The van der Waals surface area contributed by atoms with Gasteiger partial charge in [-0.15, -0.1) is 0 Å². The number of likely N-dealkylation sites (N-methyl/N-ethyl adjacent to an activating group) is 1. The van der Waals surface area contributed by atoms with Crippen LogP contribution in [0.15, 0.2) is 0 Å². The van der Waals surface area contributed by atoms with Crippen LogP contribution in [0.5, 0.6) is 0 Å². The van der Waals surface area contributed by atoms with Gasteiger partial charge in [0.05, 0.1) is 6.07 Å². The number of nitrogens with one attached hydrogen (secondary N) is 1. The van der Waals surface area contributed by atoms with E-state index in [0.717, 1.165) is 19.3 Å². The highest BCUT2D eigenvalue weighted by molar-refractivity contribution is 7.89. The van der Waals surface area contributed by atoms with E-state index in [2.05, 4.69) is 9.62 Å². The molecule has 6 heteroatoms. The molecule has 0 spiro atoms. The summed E-state index contributed by atoms with van der Waals surface area (Å²) in [6, 6.07) is 1.65. The molecular formula is C9H17N3O2S. The first-order valence-electron chi connectivity index (χ1n) is 4.94. The van der Waals surface area contributed by atoms with Gasteiger partial charge in [-0.3, -0.25) is 0 Å². The third-order valence-electron chi connectivity index (χ3n) is 3.11. The summed E-state index contributed by atoms with van der Waals surface area (Å²) in [5.74, 6) is -0.462. The molecule has 0 heterocycles. The van der Waals surface area contributed by atoms with Crippen molar-refractivity contribution in [1.82, 2.24) is 9.62 Å². The summed E-state index contributed by atoms with van der Waals surface area (Å²) in [5, 5.41) is 8.33. The van der Waals surface area contributed by atoms with Crippen LogP contribution in [-0.4, -0.2) is 45.2 Å². The quantitative estimate of drug-likeness (QED) is 0.718. The molecule has 0 radical (unpaired) electrons. The van der Waals surface area contributed by atoms with E-state index in [9.17, 15) is 8.42 Å². The second-order valence-electron chi connectivity index (χ2n) is 4.21. The molecule has 1 fully saturated rings. The van der Waals surface area contributed by atoms with Crippen LogP contribution in [0.1, 0.15) is 19.3 Å². The number of hydrogen-bond donors (Lipinski definition) is 1. The molecule has 5 nitrogen and oxygen atoms in total. The van der Waals surface area contributed by atoms with Gasteiger partial charge in [-0.05, 0) is 33.4 Å². The molecule has 0 aliphatic heterocycles. The van der Waals surface area contributed by atoms with E-state index in [1.54, 1.807) is 6.07 Å². The van der Waals surface area contributed by atoms with E-state index in [4.69, 9.17) is 5.26 Å². The summed E-state index contributed by atoms with van der Waals surface area (Å²) in [6.07, 6.45) is 3.16. The van der Waals surface area contributed by atoms with Crippen molar-refractivity contribution in [2.24, 2.45) is 0 Å². The van der Waals surface area contributed by atoms with Crippen molar-refractivity contribution in [2.75, 3.05) is 26.4 Å². The maximum absolute atomic E-state index is 11.3. The van der Waals surface area contributed by atoms with Crippen LogP contribution in [0.4, 0.5) is 0 Å². The molecule has 0 amide bonds. The molecule has 15 heavy (non-hydrogen) atoms. The number of sulfonamides is 1. The standard InChI is InChI=1S/C9H17N3O2S/c1-12(2)9(4-3-5-9)8-11-15(13,14)7-6-10/h11H,3-5,7-8H2,1-2H3. The average Bonchev–Trinajstić information content (AvgIpc) is 2.00. The summed E-state index contributed by atoms with van der Waals surface area (Å²) in [5.41, 5.74) is -0.0392. The molecule has 0 aromatic carbocycles. The summed E-state index contributed by atoms with van der Waals surface area (Å²) < 4.78 is 25.1. The van der Waals surface area contributed by atoms with Gasteiger partial charge in [0.15, 0.2) is 5.75 Å². The molecule has 0 unspecified atom stereocenters. The summed E-state index contributed by atoms with van der Waals surface area (Å²) >= 11 is 0. The lowest BCUT2D eigenvalue weighted by Crippen LogP contribution is -2.57. The molecular weight excluding hydrogens is 214 g/mol. The predicted molar refractivity (Wildman–Crippen MR) is 57.7 cm³/mol. The molecule has 86 valence electrons. The fraction of sp³-hybridized carbons (Fsp3) is 0.889. The van der Waals surface area contributed by atoms with E-state index < -0.39 is 15.8 Å². The Labute approximate surface area is 91.1 Å². The van der Waals surface area contributed by atoms with Gasteiger partial charge >= 0.3 is 0 Å². The molecule has 1 aliphatic rings. The molecule has 0 aromatic rings. The van der Waals surface area contributed by atoms with Crippen molar-refractivity contribution >= 4 is 10.0 Å². The molecule has 1 N–H and O–H groups in total. The Kier molecular flexibility index (Phi) is 3.71. The first kappa shape index (κ1) is 12.4. The Bertz CT molecular complexity index is 352. The van der Waals surface area contributed by atoms with Gasteiger partial charge in [0, 0.05) is 12.1 Å². The lowest BCUT2D eigenvalue weighted by Gasteiger charge is -2.47. The van der Waals surface area contributed by atoms with Crippen molar-refractivity contribution < 1.29 is 8.42 Å². The Hall–Kier alpha value is -0.640. The van der Waals surface area contributed by atoms with Crippen molar-refractivity contribution in [3.63, 3.8) is 0 Å². The van der Waals surface area contributed by atoms with Crippen LogP contribution in [0, 0.1) is 11.3 Å². The van der Waals surface area contributed by atoms with E-state index in [1.165, 1.54) is 0 Å². The van der Waals surface area contributed by atoms with Gasteiger partial charge in [-0.1, -0.05) is 0 Å². The van der Waals surface area contributed by atoms with Crippen molar-refractivity contribution in [2.45, 2.75) is 24.8 Å². The van der Waals surface area contributed by atoms with E-state index in [0.29, 0.717) is 6.54 Å². The van der Waals surface area contributed by atoms with Crippen molar-refractivity contribution in [3.8, 4) is 6.07 Å². The Morgan fingerprint density at radius 3 is 2.40 bits per heavy atom. The van der Waals surface area contributed by atoms with Crippen LogP contribution in [0.3, 0.4) is 0 Å². The predicted octanol–water partition coefficient (Wildman–Crippen LogP) is -0.0863. The van der Waals surface area contributed by atoms with Gasteiger partial charge < -0.3 is 4.90 Å². The van der Waals surface area contributed by atoms with E-state index in [-0.39, 0.29) is 5.54 Å². The number of hydrogen-bond acceptors (Lipinski definition) is 4.